The maximum atomic E-state index is 13.4. The highest BCUT2D eigenvalue weighted by Gasteiger charge is 2.23. The van der Waals surface area contributed by atoms with Crippen LogP contribution >= 0.6 is 11.6 Å². The minimum absolute atomic E-state index is 0.0505. The number of aromatic hydroxyl groups is 1. The molecule has 2 aromatic rings. The number of phenolic OH excluding ortho intramolecular Hbond substituents is 1. The van der Waals surface area contributed by atoms with Crippen LogP contribution in [-0.2, 0) is 11.3 Å². The standard InChI is InChI=1S/C17H16ClF2NO2/c18-17-12(2-1-3-15(17)22)9-21-6-7-23-16(10-21)11-4-5-13(19)14(20)8-11/h1-5,8,16,22H,6-7,9-10H2. The smallest absolute Gasteiger partial charge is 0.159 e. The van der Waals surface area contributed by atoms with Gasteiger partial charge in [0, 0.05) is 19.6 Å². The quantitative estimate of drug-likeness (QED) is 0.920. The second kappa shape index (κ2) is 6.83. The number of morpholine rings is 1. The predicted molar refractivity (Wildman–Crippen MR) is 83.4 cm³/mol. The molecule has 1 unspecified atom stereocenters. The van der Waals surface area contributed by atoms with Crippen molar-refractivity contribution in [3.05, 3.63) is 64.2 Å². The molecular weight excluding hydrogens is 324 g/mol. The zero-order chi connectivity index (χ0) is 16.4. The van der Waals surface area contributed by atoms with Crippen LogP contribution in [0.2, 0.25) is 5.02 Å². The molecule has 1 fully saturated rings. The maximum Gasteiger partial charge on any atom is 0.159 e. The molecule has 23 heavy (non-hydrogen) atoms. The van der Waals surface area contributed by atoms with Gasteiger partial charge in [0.05, 0.1) is 17.7 Å². The monoisotopic (exact) mass is 339 g/mol. The second-order valence-electron chi connectivity index (χ2n) is 5.52. The number of halogens is 3. The molecule has 0 amide bonds. The fraction of sp³-hybridized carbons (Fsp3) is 0.294. The van der Waals surface area contributed by atoms with E-state index in [2.05, 4.69) is 4.90 Å². The predicted octanol–water partition coefficient (Wildman–Crippen LogP) is 3.90. The molecule has 1 N–H and O–H groups in total. The highest BCUT2D eigenvalue weighted by molar-refractivity contribution is 6.32. The third-order valence-electron chi connectivity index (χ3n) is 3.92. The van der Waals surface area contributed by atoms with Gasteiger partial charge in [-0.05, 0) is 29.3 Å². The summed E-state index contributed by atoms with van der Waals surface area (Å²) in [6.45, 7) is 2.28. The van der Waals surface area contributed by atoms with Gasteiger partial charge in [-0.15, -0.1) is 0 Å². The van der Waals surface area contributed by atoms with Gasteiger partial charge in [0.25, 0.3) is 0 Å². The lowest BCUT2D eigenvalue weighted by atomic mass is 10.1. The summed E-state index contributed by atoms with van der Waals surface area (Å²) in [5, 5.41) is 10.0. The number of nitrogens with zero attached hydrogens (tertiary/aromatic N) is 1. The van der Waals surface area contributed by atoms with Crippen molar-refractivity contribution in [2.75, 3.05) is 19.7 Å². The Morgan fingerprint density at radius 2 is 2.04 bits per heavy atom. The first-order valence-corrected chi connectivity index (χ1v) is 7.67. The van der Waals surface area contributed by atoms with Gasteiger partial charge in [0.1, 0.15) is 5.75 Å². The summed E-state index contributed by atoms with van der Waals surface area (Å²) in [7, 11) is 0. The van der Waals surface area contributed by atoms with Gasteiger partial charge >= 0.3 is 0 Å². The molecule has 3 rings (SSSR count). The van der Waals surface area contributed by atoms with Crippen molar-refractivity contribution in [1.29, 1.82) is 0 Å². The number of hydrogen-bond acceptors (Lipinski definition) is 3. The van der Waals surface area contributed by atoms with Crippen LogP contribution < -0.4 is 0 Å². The van der Waals surface area contributed by atoms with E-state index in [1.165, 1.54) is 18.2 Å². The molecule has 2 aromatic carbocycles. The molecule has 1 aliphatic rings. The van der Waals surface area contributed by atoms with Crippen molar-refractivity contribution in [3.8, 4) is 5.75 Å². The van der Waals surface area contributed by atoms with E-state index in [0.717, 1.165) is 11.6 Å². The van der Waals surface area contributed by atoms with Crippen LogP contribution in [0.4, 0.5) is 8.78 Å². The van der Waals surface area contributed by atoms with Gasteiger partial charge in [0.2, 0.25) is 0 Å². The van der Waals surface area contributed by atoms with Gasteiger partial charge in [-0.1, -0.05) is 29.8 Å². The van der Waals surface area contributed by atoms with Crippen LogP contribution in [0.25, 0.3) is 0 Å². The van der Waals surface area contributed by atoms with E-state index < -0.39 is 11.6 Å². The van der Waals surface area contributed by atoms with Crippen LogP contribution in [0.15, 0.2) is 36.4 Å². The fourth-order valence-corrected chi connectivity index (χ4v) is 2.88. The molecule has 0 aliphatic carbocycles. The van der Waals surface area contributed by atoms with E-state index in [4.69, 9.17) is 16.3 Å². The Kier molecular flexibility index (Phi) is 4.80. The van der Waals surface area contributed by atoms with Gasteiger partial charge in [-0.2, -0.15) is 0 Å². The summed E-state index contributed by atoms with van der Waals surface area (Å²) in [6, 6.07) is 8.95. The first-order valence-electron chi connectivity index (χ1n) is 7.30. The molecule has 1 heterocycles. The first-order chi connectivity index (χ1) is 11.0. The molecule has 122 valence electrons. The highest BCUT2D eigenvalue weighted by atomic mass is 35.5. The zero-order valence-electron chi connectivity index (χ0n) is 12.3. The number of phenols is 1. The lowest BCUT2D eigenvalue weighted by Crippen LogP contribution is -2.37. The Morgan fingerprint density at radius 1 is 1.22 bits per heavy atom. The van der Waals surface area contributed by atoms with Gasteiger partial charge in [-0.25, -0.2) is 8.78 Å². The van der Waals surface area contributed by atoms with Crippen molar-refractivity contribution in [2.45, 2.75) is 12.6 Å². The Hall–Kier alpha value is -1.69. The zero-order valence-corrected chi connectivity index (χ0v) is 13.1. The third-order valence-corrected chi connectivity index (χ3v) is 4.35. The molecule has 1 saturated heterocycles. The minimum Gasteiger partial charge on any atom is -0.506 e. The average molecular weight is 340 g/mol. The Labute approximate surface area is 138 Å². The lowest BCUT2D eigenvalue weighted by molar-refractivity contribution is -0.0330. The SMILES string of the molecule is Oc1cccc(CN2CCOC(c3ccc(F)c(F)c3)C2)c1Cl. The number of rotatable bonds is 3. The summed E-state index contributed by atoms with van der Waals surface area (Å²) in [5.41, 5.74) is 1.42. The number of hydrogen-bond donors (Lipinski definition) is 1. The molecule has 0 saturated carbocycles. The molecule has 1 aliphatic heterocycles. The summed E-state index contributed by atoms with van der Waals surface area (Å²) in [6.07, 6.45) is -0.324. The van der Waals surface area contributed by atoms with Crippen LogP contribution in [-0.4, -0.2) is 29.7 Å². The first kappa shape index (κ1) is 16.2. The van der Waals surface area contributed by atoms with Crippen molar-refractivity contribution in [3.63, 3.8) is 0 Å². The van der Waals surface area contributed by atoms with E-state index >= 15 is 0 Å². The van der Waals surface area contributed by atoms with Crippen molar-refractivity contribution < 1.29 is 18.6 Å². The lowest BCUT2D eigenvalue weighted by Gasteiger charge is -2.33. The summed E-state index contributed by atoms with van der Waals surface area (Å²) < 4.78 is 32.1. The normalized spacial score (nSPS) is 19.0. The summed E-state index contributed by atoms with van der Waals surface area (Å²) >= 11 is 6.10. The van der Waals surface area contributed by atoms with E-state index in [9.17, 15) is 13.9 Å². The Bertz CT molecular complexity index is 711. The molecular formula is C17H16ClF2NO2. The topological polar surface area (TPSA) is 32.7 Å². The highest BCUT2D eigenvalue weighted by Crippen LogP contribution is 2.29. The van der Waals surface area contributed by atoms with Gasteiger partial charge < -0.3 is 9.84 Å². The second-order valence-corrected chi connectivity index (χ2v) is 5.90. The largest absolute Gasteiger partial charge is 0.506 e. The van der Waals surface area contributed by atoms with Crippen molar-refractivity contribution in [2.24, 2.45) is 0 Å². The van der Waals surface area contributed by atoms with E-state index in [1.54, 1.807) is 6.07 Å². The summed E-state index contributed by atoms with van der Waals surface area (Å²) in [5.74, 6) is -1.69. The van der Waals surface area contributed by atoms with Crippen LogP contribution in [0.3, 0.4) is 0 Å². The molecule has 0 spiro atoms. The molecule has 3 nitrogen and oxygen atoms in total. The molecule has 6 heteroatoms. The Balaban J connectivity index is 1.73. The molecule has 0 bridgehead atoms. The Morgan fingerprint density at radius 3 is 2.83 bits per heavy atom. The maximum absolute atomic E-state index is 13.4. The van der Waals surface area contributed by atoms with Crippen molar-refractivity contribution >= 4 is 11.6 Å². The molecule has 0 aromatic heterocycles. The van der Waals surface area contributed by atoms with Gasteiger partial charge in [-0.3, -0.25) is 4.90 Å². The van der Waals surface area contributed by atoms with Gasteiger partial charge in [0.15, 0.2) is 11.6 Å². The summed E-state index contributed by atoms with van der Waals surface area (Å²) in [4.78, 5) is 2.11. The number of benzene rings is 2. The van der Waals surface area contributed by atoms with Crippen LogP contribution in [0.5, 0.6) is 5.75 Å². The third kappa shape index (κ3) is 3.63. The van der Waals surface area contributed by atoms with E-state index in [0.29, 0.717) is 36.8 Å². The van der Waals surface area contributed by atoms with Crippen LogP contribution in [0, 0.1) is 11.6 Å². The van der Waals surface area contributed by atoms with E-state index in [1.807, 2.05) is 6.07 Å². The molecule has 0 radical (unpaired) electrons. The minimum atomic E-state index is -0.876. The average Bonchev–Trinajstić information content (AvgIpc) is 2.55. The number of ether oxygens (including phenoxy) is 1. The van der Waals surface area contributed by atoms with E-state index in [-0.39, 0.29) is 11.9 Å². The van der Waals surface area contributed by atoms with Crippen LogP contribution in [0.1, 0.15) is 17.2 Å². The molecule has 1 atom stereocenters. The van der Waals surface area contributed by atoms with Crippen molar-refractivity contribution in [1.82, 2.24) is 4.90 Å². The fourth-order valence-electron chi connectivity index (χ4n) is 2.69.